The number of pyridine rings is 1. The second-order valence-corrected chi connectivity index (χ2v) is 3.09. The van der Waals surface area contributed by atoms with Crippen LogP contribution in [0.25, 0.3) is 5.82 Å². The first-order chi connectivity index (χ1) is 7.31. The highest BCUT2D eigenvalue weighted by atomic mass is 19.1. The molecule has 0 aromatic carbocycles. The van der Waals surface area contributed by atoms with Crippen LogP contribution in [0.4, 0.5) is 4.39 Å². The second kappa shape index (κ2) is 4.18. The highest BCUT2D eigenvalue weighted by Gasteiger charge is 2.04. The number of halogens is 1. The number of nitrogens with zero attached hydrogens (tertiary/aromatic N) is 3. The number of aromatic nitrogens is 3. The Morgan fingerprint density at radius 1 is 1.33 bits per heavy atom. The van der Waals surface area contributed by atoms with Crippen LogP contribution in [0, 0.1) is 5.82 Å². The minimum atomic E-state index is -0.348. The topological polar surface area (TPSA) is 56.7 Å². The molecule has 0 aliphatic heterocycles. The van der Waals surface area contributed by atoms with Gasteiger partial charge in [-0.05, 0) is 18.7 Å². The summed E-state index contributed by atoms with van der Waals surface area (Å²) in [6, 6.07) is 2.98. The largest absolute Gasteiger partial charge is 0.330 e. The third-order valence-corrected chi connectivity index (χ3v) is 2.04. The Kier molecular flexibility index (Phi) is 2.73. The van der Waals surface area contributed by atoms with E-state index in [9.17, 15) is 4.39 Å². The summed E-state index contributed by atoms with van der Waals surface area (Å²) in [4.78, 5) is 8.12. The Labute approximate surface area is 86.6 Å². The van der Waals surface area contributed by atoms with E-state index in [0.29, 0.717) is 18.8 Å². The van der Waals surface area contributed by atoms with Crippen LogP contribution >= 0.6 is 0 Å². The van der Waals surface area contributed by atoms with Crippen molar-refractivity contribution >= 4 is 0 Å². The standard InChI is InChI=1S/C10H11FN4/c11-8-1-2-9(14-7-8)15-6-5-13-10(15)3-4-12/h1-2,5-7H,3-4,12H2. The number of rotatable bonds is 3. The highest BCUT2D eigenvalue weighted by Crippen LogP contribution is 2.08. The number of hydrogen-bond acceptors (Lipinski definition) is 3. The second-order valence-electron chi connectivity index (χ2n) is 3.09. The zero-order valence-electron chi connectivity index (χ0n) is 8.10. The molecule has 2 aromatic rings. The van der Waals surface area contributed by atoms with Gasteiger partial charge < -0.3 is 5.73 Å². The zero-order valence-corrected chi connectivity index (χ0v) is 8.10. The van der Waals surface area contributed by atoms with Crippen molar-refractivity contribution in [1.82, 2.24) is 14.5 Å². The van der Waals surface area contributed by atoms with E-state index in [0.717, 1.165) is 5.82 Å². The minimum absolute atomic E-state index is 0.348. The summed E-state index contributed by atoms with van der Waals surface area (Å²) in [5.41, 5.74) is 5.46. The number of hydrogen-bond donors (Lipinski definition) is 1. The van der Waals surface area contributed by atoms with E-state index in [1.165, 1.54) is 12.3 Å². The van der Waals surface area contributed by atoms with Gasteiger partial charge in [-0.15, -0.1) is 0 Å². The van der Waals surface area contributed by atoms with E-state index in [1.807, 2.05) is 0 Å². The molecule has 2 heterocycles. The molecule has 2 N–H and O–H groups in total. The Morgan fingerprint density at radius 2 is 2.20 bits per heavy atom. The van der Waals surface area contributed by atoms with E-state index >= 15 is 0 Å². The maximum Gasteiger partial charge on any atom is 0.141 e. The van der Waals surface area contributed by atoms with Crippen LogP contribution in [0.5, 0.6) is 0 Å². The fraction of sp³-hybridized carbons (Fsp3) is 0.200. The molecular formula is C10H11FN4. The van der Waals surface area contributed by atoms with Gasteiger partial charge in [-0.3, -0.25) is 4.57 Å². The molecule has 0 bridgehead atoms. The molecule has 0 atom stereocenters. The molecule has 0 fully saturated rings. The van der Waals surface area contributed by atoms with Gasteiger partial charge in [0.25, 0.3) is 0 Å². The number of imidazole rings is 1. The molecule has 2 rings (SSSR count). The van der Waals surface area contributed by atoms with Gasteiger partial charge in [0.1, 0.15) is 17.5 Å². The molecule has 0 aliphatic rings. The van der Waals surface area contributed by atoms with E-state index in [1.54, 1.807) is 23.0 Å². The van der Waals surface area contributed by atoms with Crippen LogP contribution in [0.3, 0.4) is 0 Å². The lowest BCUT2D eigenvalue weighted by Crippen LogP contribution is -2.09. The van der Waals surface area contributed by atoms with Crippen molar-refractivity contribution in [3.8, 4) is 5.82 Å². The van der Waals surface area contributed by atoms with Crippen LogP contribution in [0.15, 0.2) is 30.7 Å². The van der Waals surface area contributed by atoms with Gasteiger partial charge in [0.05, 0.1) is 6.20 Å². The molecule has 0 aliphatic carbocycles. The minimum Gasteiger partial charge on any atom is -0.330 e. The van der Waals surface area contributed by atoms with Crippen LogP contribution < -0.4 is 5.73 Å². The van der Waals surface area contributed by atoms with E-state index < -0.39 is 0 Å². The summed E-state index contributed by atoms with van der Waals surface area (Å²) < 4.78 is 14.5. The molecule has 0 radical (unpaired) electrons. The average molecular weight is 206 g/mol. The fourth-order valence-corrected chi connectivity index (χ4v) is 1.37. The molecule has 0 unspecified atom stereocenters. The van der Waals surface area contributed by atoms with E-state index in [2.05, 4.69) is 9.97 Å². The quantitative estimate of drug-likeness (QED) is 0.812. The Morgan fingerprint density at radius 3 is 2.87 bits per heavy atom. The zero-order chi connectivity index (χ0) is 10.7. The van der Waals surface area contributed by atoms with Crippen molar-refractivity contribution in [1.29, 1.82) is 0 Å². The molecule has 2 aromatic heterocycles. The van der Waals surface area contributed by atoms with Gasteiger partial charge in [0, 0.05) is 18.8 Å². The summed E-state index contributed by atoms with van der Waals surface area (Å²) in [5.74, 6) is 1.13. The number of nitrogens with two attached hydrogens (primary N) is 1. The average Bonchev–Trinajstić information content (AvgIpc) is 2.68. The lowest BCUT2D eigenvalue weighted by Gasteiger charge is -2.05. The van der Waals surface area contributed by atoms with Gasteiger partial charge in [-0.2, -0.15) is 0 Å². The van der Waals surface area contributed by atoms with Gasteiger partial charge >= 0.3 is 0 Å². The Hall–Kier alpha value is -1.75. The maximum absolute atomic E-state index is 12.7. The van der Waals surface area contributed by atoms with Gasteiger partial charge in [0.15, 0.2) is 0 Å². The molecule has 78 valence electrons. The monoisotopic (exact) mass is 206 g/mol. The molecule has 15 heavy (non-hydrogen) atoms. The summed E-state index contributed by atoms with van der Waals surface area (Å²) in [7, 11) is 0. The molecule has 5 heteroatoms. The summed E-state index contributed by atoms with van der Waals surface area (Å²) >= 11 is 0. The SMILES string of the molecule is NCCc1nccn1-c1ccc(F)cn1. The van der Waals surface area contributed by atoms with Gasteiger partial charge in [0.2, 0.25) is 0 Å². The van der Waals surface area contributed by atoms with E-state index in [-0.39, 0.29) is 5.82 Å². The van der Waals surface area contributed by atoms with Crippen molar-refractivity contribution in [2.24, 2.45) is 5.73 Å². The van der Waals surface area contributed by atoms with Crippen LogP contribution in [0.2, 0.25) is 0 Å². The predicted octanol–water partition coefficient (Wildman–Crippen LogP) is 0.908. The molecule has 4 nitrogen and oxygen atoms in total. The highest BCUT2D eigenvalue weighted by molar-refractivity contribution is 5.24. The maximum atomic E-state index is 12.7. The third kappa shape index (κ3) is 2.02. The fourth-order valence-electron chi connectivity index (χ4n) is 1.37. The van der Waals surface area contributed by atoms with Crippen molar-refractivity contribution < 1.29 is 4.39 Å². The molecule has 0 amide bonds. The Bertz CT molecular complexity index is 435. The van der Waals surface area contributed by atoms with E-state index in [4.69, 9.17) is 5.73 Å². The molecule has 0 saturated carbocycles. The first-order valence-electron chi connectivity index (χ1n) is 4.65. The van der Waals surface area contributed by atoms with Crippen molar-refractivity contribution in [3.05, 3.63) is 42.4 Å². The normalized spacial score (nSPS) is 10.5. The lowest BCUT2D eigenvalue weighted by molar-refractivity contribution is 0.619. The first kappa shape index (κ1) is 9.79. The summed E-state index contributed by atoms with van der Waals surface area (Å²) in [6.45, 7) is 0.526. The van der Waals surface area contributed by atoms with Gasteiger partial charge in [-0.1, -0.05) is 0 Å². The third-order valence-electron chi connectivity index (χ3n) is 2.04. The van der Waals surface area contributed by atoms with Crippen LogP contribution in [-0.2, 0) is 6.42 Å². The predicted molar refractivity (Wildman–Crippen MR) is 54.1 cm³/mol. The molecule has 0 spiro atoms. The van der Waals surface area contributed by atoms with Crippen LogP contribution in [0.1, 0.15) is 5.82 Å². The summed E-state index contributed by atoms with van der Waals surface area (Å²) in [6.07, 6.45) is 5.31. The van der Waals surface area contributed by atoms with Crippen molar-refractivity contribution in [2.75, 3.05) is 6.54 Å². The van der Waals surface area contributed by atoms with Crippen molar-refractivity contribution in [3.63, 3.8) is 0 Å². The van der Waals surface area contributed by atoms with Crippen molar-refractivity contribution in [2.45, 2.75) is 6.42 Å². The van der Waals surface area contributed by atoms with Crippen LogP contribution in [-0.4, -0.2) is 21.1 Å². The Balaban J connectivity index is 2.36. The first-order valence-corrected chi connectivity index (χ1v) is 4.65. The summed E-state index contributed by atoms with van der Waals surface area (Å²) in [5, 5.41) is 0. The molecule has 0 saturated heterocycles. The molecular weight excluding hydrogens is 195 g/mol. The smallest absolute Gasteiger partial charge is 0.141 e. The lowest BCUT2D eigenvalue weighted by atomic mass is 10.4. The van der Waals surface area contributed by atoms with Gasteiger partial charge in [-0.25, -0.2) is 14.4 Å².